The van der Waals surface area contributed by atoms with Crippen LogP contribution in [-0.2, 0) is 30.4 Å². The highest BCUT2D eigenvalue weighted by Gasteiger charge is 2.33. The average Bonchev–Trinajstić information content (AvgIpc) is 3.05. The van der Waals surface area contributed by atoms with Crippen molar-refractivity contribution in [3.05, 3.63) is 71.8 Å². The number of hydrogen-bond donors (Lipinski definition) is 4. The normalized spacial score (nSPS) is 15.4. The molecule has 12 nitrogen and oxygen atoms in total. The zero-order valence-electron chi connectivity index (χ0n) is 27.2. The maximum Gasteiger partial charge on any atom is 0.290 e. The number of ketones is 1. The highest BCUT2D eigenvalue weighted by atomic mass is 16.2. The van der Waals surface area contributed by atoms with Gasteiger partial charge in [-0.2, -0.15) is 0 Å². The highest BCUT2D eigenvalue weighted by Crippen LogP contribution is 2.09. The lowest BCUT2D eigenvalue weighted by Gasteiger charge is -2.37. The second kappa shape index (κ2) is 17.2. The Kier molecular flexibility index (Phi) is 13.4. The van der Waals surface area contributed by atoms with Gasteiger partial charge in [-0.25, -0.2) is 0 Å². The number of rotatable bonds is 14. The van der Waals surface area contributed by atoms with E-state index in [0.29, 0.717) is 24.7 Å². The summed E-state index contributed by atoms with van der Waals surface area (Å²) in [6.07, 6.45) is 0.180. The summed E-state index contributed by atoms with van der Waals surface area (Å²) < 4.78 is 0. The molecular weight excluding hydrogens is 588 g/mol. The first-order valence-corrected chi connectivity index (χ1v) is 15.7. The Labute approximate surface area is 270 Å². The largest absolute Gasteiger partial charge is 0.344 e. The maximum absolute atomic E-state index is 13.3. The van der Waals surface area contributed by atoms with Crippen molar-refractivity contribution < 1.29 is 28.8 Å². The summed E-state index contributed by atoms with van der Waals surface area (Å²) in [6.45, 7) is 11.2. The first-order chi connectivity index (χ1) is 21.9. The maximum atomic E-state index is 13.3. The molecule has 0 saturated carbocycles. The molecule has 0 bridgehead atoms. The van der Waals surface area contributed by atoms with Gasteiger partial charge in [0.25, 0.3) is 11.8 Å². The summed E-state index contributed by atoms with van der Waals surface area (Å²) >= 11 is 0. The zero-order valence-corrected chi connectivity index (χ0v) is 27.2. The van der Waals surface area contributed by atoms with Gasteiger partial charge < -0.3 is 26.2 Å². The fourth-order valence-electron chi connectivity index (χ4n) is 5.07. The Morgan fingerprint density at radius 2 is 1.30 bits per heavy atom. The Hall–Kier alpha value is -4.58. The van der Waals surface area contributed by atoms with Crippen LogP contribution in [0.4, 0.5) is 0 Å². The average molecular weight is 635 g/mol. The van der Waals surface area contributed by atoms with Crippen LogP contribution in [-0.4, -0.2) is 102 Å². The molecule has 1 aliphatic heterocycles. The van der Waals surface area contributed by atoms with E-state index in [1.807, 2.05) is 30.3 Å². The molecule has 0 aromatic heterocycles. The quantitative estimate of drug-likeness (QED) is 0.225. The third kappa shape index (κ3) is 10.5. The van der Waals surface area contributed by atoms with Crippen LogP contribution in [0.3, 0.4) is 0 Å². The molecule has 1 heterocycles. The summed E-state index contributed by atoms with van der Waals surface area (Å²) in [4.78, 5) is 81.7. The van der Waals surface area contributed by atoms with Gasteiger partial charge in [-0.1, -0.05) is 62.4 Å². The van der Waals surface area contributed by atoms with E-state index in [1.165, 1.54) is 6.92 Å². The van der Waals surface area contributed by atoms with E-state index >= 15 is 0 Å². The third-order valence-corrected chi connectivity index (χ3v) is 7.96. The van der Waals surface area contributed by atoms with Gasteiger partial charge in [-0.3, -0.25) is 33.7 Å². The van der Waals surface area contributed by atoms with Crippen LogP contribution in [0.5, 0.6) is 0 Å². The number of benzene rings is 2. The molecule has 46 heavy (non-hydrogen) atoms. The van der Waals surface area contributed by atoms with Gasteiger partial charge >= 0.3 is 0 Å². The number of amides is 5. The molecule has 3 rings (SSSR count). The van der Waals surface area contributed by atoms with Gasteiger partial charge in [0.1, 0.15) is 12.1 Å². The van der Waals surface area contributed by atoms with E-state index in [0.717, 1.165) is 18.7 Å². The molecule has 5 amide bonds. The molecule has 0 spiro atoms. The first kappa shape index (κ1) is 35.9. The van der Waals surface area contributed by atoms with E-state index in [2.05, 4.69) is 40.0 Å². The lowest BCUT2D eigenvalue weighted by molar-refractivity contribution is -0.142. The fourth-order valence-corrected chi connectivity index (χ4v) is 5.07. The van der Waals surface area contributed by atoms with Crippen molar-refractivity contribution in [3.63, 3.8) is 0 Å². The minimum Gasteiger partial charge on any atom is -0.344 e. The molecule has 1 fully saturated rings. The summed E-state index contributed by atoms with van der Waals surface area (Å²) in [7, 11) is 0. The number of Topliss-reactive ketones (excluding diaryl/α,β-unsaturated/α-hetero) is 1. The van der Waals surface area contributed by atoms with Crippen LogP contribution < -0.4 is 21.3 Å². The van der Waals surface area contributed by atoms with Gasteiger partial charge in [0.05, 0.1) is 12.6 Å². The molecule has 2 aromatic carbocycles. The van der Waals surface area contributed by atoms with Crippen molar-refractivity contribution in [3.8, 4) is 0 Å². The van der Waals surface area contributed by atoms with Crippen LogP contribution in [0.1, 0.15) is 50.5 Å². The first-order valence-electron chi connectivity index (χ1n) is 15.7. The lowest BCUT2D eigenvalue weighted by Crippen LogP contribution is -2.57. The van der Waals surface area contributed by atoms with Crippen molar-refractivity contribution in [1.82, 2.24) is 31.1 Å². The van der Waals surface area contributed by atoms with Crippen LogP contribution in [0.25, 0.3) is 0 Å². The van der Waals surface area contributed by atoms with Crippen molar-refractivity contribution in [2.75, 3.05) is 32.7 Å². The van der Waals surface area contributed by atoms with E-state index in [-0.39, 0.29) is 18.9 Å². The molecular formula is C34H46N6O6. The number of carbonyl (C=O) groups is 6. The fraction of sp³-hybridized carbons (Fsp3) is 0.471. The lowest BCUT2D eigenvalue weighted by atomic mass is 9.98. The number of nitrogens with one attached hydrogen (secondary N) is 4. The molecule has 1 saturated heterocycles. The second-order valence-electron chi connectivity index (χ2n) is 12.1. The minimum absolute atomic E-state index is 0.180. The van der Waals surface area contributed by atoms with Gasteiger partial charge in [0.15, 0.2) is 0 Å². The topological polar surface area (TPSA) is 157 Å². The van der Waals surface area contributed by atoms with Gasteiger partial charge in [-0.15, -0.1) is 0 Å². The van der Waals surface area contributed by atoms with Crippen LogP contribution in [0.15, 0.2) is 60.7 Å². The van der Waals surface area contributed by atoms with E-state index in [1.54, 1.807) is 49.1 Å². The highest BCUT2D eigenvalue weighted by molar-refractivity contribution is 6.38. The zero-order chi connectivity index (χ0) is 33.8. The molecule has 3 atom stereocenters. The molecule has 248 valence electrons. The predicted molar refractivity (Wildman–Crippen MR) is 174 cm³/mol. The summed E-state index contributed by atoms with van der Waals surface area (Å²) in [5, 5.41) is 10.3. The molecule has 1 aliphatic rings. The van der Waals surface area contributed by atoms with Gasteiger partial charge in [-0.05, 0) is 44.4 Å². The molecule has 12 heteroatoms. The summed E-state index contributed by atoms with van der Waals surface area (Å²) in [5.41, 5.74) is 1.19. The number of carbonyl (C=O) groups excluding carboxylic acids is 6. The number of nitrogens with zero attached hydrogens (tertiary/aromatic N) is 2. The Bertz CT molecular complexity index is 1360. The molecule has 4 N–H and O–H groups in total. The molecule has 0 aliphatic carbocycles. The molecule has 2 aromatic rings. The summed E-state index contributed by atoms with van der Waals surface area (Å²) in [6, 6.07) is 14.7. The van der Waals surface area contributed by atoms with E-state index in [9.17, 15) is 28.8 Å². The second-order valence-corrected chi connectivity index (χ2v) is 12.1. The van der Waals surface area contributed by atoms with Gasteiger partial charge in [0, 0.05) is 44.2 Å². The number of piperazine rings is 1. The van der Waals surface area contributed by atoms with Crippen molar-refractivity contribution in [1.29, 1.82) is 0 Å². The van der Waals surface area contributed by atoms with Crippen LogP contribution >= 0.6 is 0 Å². The number of hydrogen-bond acceptors (Lipinski definition) is 7. The molecule has 0 unspecified atom stereocenters. The third-order valence-electron chi connectivity index (χ3n) is 7.96. The smallest absolute Gasteiger partial charge is 0.290 e. The van der Waals surface area contributed by atoms with Crippen LogP contribution in [0.2, 0.25) is 0 Å². The summed E-state index contributed by atoms with van der Waals surface area (Å²) in [5.74, 6) is -4.32. The minimum atomic E-state index is -1.19. The Morgan fingerprint density at radius 1 is 0.717 bits per heavy atom. The van der Waals surface area contributed by atoms with Crippen LogP contribution in [0, 0.1) is 5.92 Å². The van der Waals surface area contributed by atoms with Gasteiger partial charge in [0.2, 0.25) is 23.5 Å². The standard InChI is InChI=1S/C34H46N6O6/c1-22(2)29(30(42)34(46)35-21-28(41)40-18-16-39(17-19-40)23(3)4)38-31(43)24(5)36-33(45)27(20-25-12-8-6-9-13-25)37-32(44)26-14-10-7-11-15-26/h6-15,22-24,27,29H,16-21H2,1-5H3,(H,35,46)(H,36,45)(H,37,44)(H,38,43)/t24-,27-,29-/m0/s1. The Balaban J connectivity index is 1.58. The van der Waals surface area contributed by atoms with Crippen molar-refractivity contribution in [2.24, 2.45) is 5.92 Å². The molecule has 0 radical (unpaired) electrons. The van der Waals surface area contributed by atoms with E-state index < -0.39 is 53.5 Å². The SMILES string of the molecule is CC(C)[C@H](NC(=O)[C@H](C)NC(=O)[C@H](Cc1ccccc1)NC(=O)c1ccccc1)C(=O)C(=O)NCC(=O)N1CCN(C(C)C)CC1. The Morgan fingerprint density at radius 3 is 1.87 bits per heavy atom. The van der Waals surface area contributed by atoms with Crippen molar-refractivity contribution >= 4 is 35.3 Å². The van der Waals surface area contributed by atoms with Crippen molar-refractivity contribution in [2.45, 2.75) is 65.2 Å². The van der Waals surface area contributed by atoms with E-state index in [4.69, 9.17) is 0 Å². The monoisotopic (exact) mass is 634 g/mol. The predicted octanol–water partition coefficient (Wildman–Crippen LogP) is 0.911.